The van der Waals surface area contributed by atoms with Crippen LogP contribution in [0.15, 0.2) is 15.5 Å². The number of aromatic nitrogens is 2. The highest BCUT2D eigenvalue weighted by Gasteiger charge is 2.22. The monoisotopic (exact) mass is 307 g/mol. The first kappa shape index (κ1) is 16.2. The Morgan fingerprint density at radius 2 is 2.23 bits per heavy atom. The fourth-order valence-corrected chi connectivity index (χ4v) is 2.37. The van der Waals surface area contributed by atoms with Gasteiger partial charge in [-0.15, -0.1) is 0 Å². The van der Waals surface area contributed by atoms with E-state index in [1.54, 1.807) is 14.0 Å². The van der Waals surface area contributed by atoms with E-state index in [0.29, 0.717) is 36.4 Å². The van der Waals surface area contributed by atoms with E-state index >= 15 is 0 Å². The van der Waals surface area contributed by atoms with Gasteiger partial charge in [0, 0.05) is 19.2 Å². The molecule has 0 saturated heterocycles. The summed E-state index contributed by atoms with van der Waals surface area (Å²) in [6, 6.07) is -0.601. The lowest BCUT2D eigenvalue weighted by Gasteiger charge is -2.17. The predicted molar refractivity (Wildman–Crippen MR) is 82.0 cm³/mol. The Labute approximate surface area is 128 Å². The van der Waals surface area contributed by atoms with Gasteiger partial charge in [0.15, 0.2) is 0 Å². The smallest absolute Gasteiger partial charge is 0.265 e. The molecular formula is C15H21N3O4. The van der Waals surface area contributed by atoms with Gasteiger partial charge >= 0.3 is 0 Å². The second-order valence-corrected chi connectivity index (χ2v) is 5.13. The number of furan rings is 1. The Balaban J connectivity index is 2.39. The number of hydrogen-bond acceptors (Lipinski definition) is 5. The Kier molecular flexibility index (Phi) is 4.97. The average molecular weight is 307 g/mol. The minimum Gasteiger partial charge on any atom is -0.443 e. The second kappa shape index (κ2) is 6.74. The number of methoxy groups -OCH3 is 1. The fourth-order valence-electron chi connectivity index (χ4n) is 2.37. The molecule has 2 aromatic heterocycles. The maximum absolute atomic E-state index is 12.7. The molecule has 1 amide bonds. The summed E-state index contributed by atoms with van der Waals surface area (Å²) in [5.41, 5.74) is 0.815. The van der Waals surface area contributed by atoms with E-state index in [1.807, 2.05) is 13.8 Å². The molecule has 0 aliphatic rings. The molecule has 1 N–H and O–H groups in total. The van der Waals surface area contributed by atoms with Crippen LogP contribution in [0.3, 0.4) is 0 Å². The highest BCUT2D eigenvalue weighted by Crippen LogP contribution is 2.20. The third kappa shape index (κ3) is 2.89. The first-order valence-corrected chi connectivity index (χ1v) is 7.24. The van der Waals surface area contributed by atoms with Gasteiger partial charge in [0.1, 0.15) is 23.5 Å². The van der Waals surface area contributed by atoms with E-state index in [0.717, 1.165) is 5.56 Å². The number of amides is 1. The van der Waals surface area contributed by atoms with Crippen LogP contribution < -0.4 is 10.9 Å². The van der Waals surface area contributed by atoms with Crippen molar-refractivity contribution in [3.8, 4) is 0 Å². The van der Waals surface area contributed by atoms with Crippen molar-refractivity contribution in [2.45, 2.75) is 33.2 Å². The molecule has 0 spiro atoms. The number of carbonyl (C=O) groups excluding carboxylic acids is 1. The van der Waals surface area contributed by atoms with Crippen LogP contribution in [-0.2, 0) is 9.53 Å². The van der Waals surface area contributed by atoms with Crippen molar-refractivity contribution in [2.24, 2.45) is 0 Å². The Hall–Kier alpha value is -2.15. The van der Waals surface area contributed by atoms with Crippen LogP contribution in [0.1, 0.15) is 30.7 Å². The van der Waals surface area contributed by atoms with Gasteiger partial charge in [0.25, 0.3) is 5.56 Å². The standard InChI is InChI=1S/C15H21N3O4/c1-5-11(13(19)16-6-7-21-4)18-8-17-14-12(15(18)20)9(2)10(3)22-14/h8,11H,5-7H2,1-4H3,(H,16,19). The van der Waals surface area contributed by atoms with Gasteiger partial charge < -0.3 is 14.5 Å². The summed E-state index contributed by atoms with van der Waals surface area (Å²) in [4.78, 5) is 29.1. The molecule has 0 fully saturated rings. The molecular weight excluding hydrogens is 286 g/mol. The molecule has 7 heteroatoms. The van der Waals surface area contributed by atoms with Crippen molar-refractivity contribution < 1.29 is 13.9 Å². The van der Waals surface area contributed by atoms with Gasteiger partial charge in [-0.2, -0.15) is 0 Å². The summed E-state index contributed by atoms with van der Waals surface area (Å²) in [6.07, 6.45) is 1.86. The Morgan fingerprint density at radius 1 is 1.50 bits per heavy atom. The maximum atomic E-state index is 12.7. The summed E-state index contributed by atoms with van der Waals surface area (Å²) in [6.45, 7) is 6.28. The molecule has 1 unspecified atom stereocenters. The largest absolute Gasteiger partial charge is 0.443 e. The van der Waals surface area contributed by atoms with E-state index < -0.39 is 6.04 Å². The van der Waals surface area contributed by atoms with E-state index in [9.17, 15) is 9.59 Å². The van der Waals surface area contributed by atoms with Gasteiger partial charge in [0.2, 0.25) is 11.6 Å². The molecule has 2 rings (SSSR count). The van der Waals surface area contributed by atoms with Crippen LogP contribution >= 0.6 is 0 Å². The molecule has 2 aromatic rings. The third-order valence-corrected chi connectivity index (χ3v) is 3.75. The van der Waals surface area contributed by atoms with E-state index in [-0.39, 0.29) is 11.5 Å². The zero-order valence-electron chi connectivity index (χ0n) is 13.3. The SMILES string of the molecule is CCC(C(=O)NCCOC)n1cnc2oc(C)c(C)c2c1=O. The van der Waals surface area contributed by atoms with Crippen molar-refractivity contribution in [1.82, 2.24) is 14.9 Å². The highest BCUT2D eigenvalue weighted by atomic mass is 16.5. The average Bonchev–Trinajstić information content (AvgIpc) is 2.78. The molecule has 0 radical (unpaired) electrons. The van der Waals surface area contributed by atoms with Gasteiger partial charge in [-0.3, -0.25) is 14.2 Å². The minimum atomic E-state index is -0.601. The molecule has 7 nitrogen and oxygen atoms in total. The Bertz CT molecular complexity index is 732. The molecule has 0 saturated carbocycles. The van der Waals surface area contributed by atoms with Crippen molar-refractivity contribution in [2.75, 3.05) is 20.3 Å². The summed E-state index contributed by atoms with van der Waals surface area (Å²) in [5.74, 6) is 0.440. The minimum absolute atomic E-state index is 0.222. The zero-order valence-corrected chi connectivity index (χ0v) is 13.3. The second-order valence-electron chi connectivity index (χ2n) is 5.13. The first-order chi connectivity index (χ1) is 10.5. The molecule has 1 atom stereocenters. The quantitative estimate of drug-likeness (QED) is 0.813. The number of nitrogens with one attached hydrogen (secondary N) is 1. The molecule has 0 aliphatic heterocycles. The number of ether oxygens (including phenoxy) is 1. The number of hydrogen-bond donors (Lipinski definition) is 1. The van der Waals surface area contributed by atoms with Crippen molar-refractivity contribution in [3.63, 3.8) is 0 Å². The molecule has 22 heavy (non-hydrogen) atoms. The highest BCUT2D eigenvalue weighted by molar-refractivity contribution is 5.81. The van der Waals surface area contributed by atoms with Crippen molar-refractivity contribution >= 4 is 17.0 Å². The normalized spacial score (nSPS) is 12.5. The molecule has 120 valence electrons. The first-order valence-electron chi connectivity index (χ1n) is 7.24. The van der Waals surface area contributed by atoms with Crippen molar-refractivity contribution in [3.05, 3.63) is 28.0 Å². The number of fused-ring (bicyclic) bond motifs is 1. The van der Waals surface area contributed by atoms with Crippen LogP contribution in [0.25, 0.3) is 11.1 Å². The molecule has 0 aromatic carbocycles. The van der Waals surface area contributed by atoms with Gasteiger partial charge in [-0.25, -0.2) is 4.98 Å². The summed E-state index contributed by atoms with van der Waals surface area (Å²) in [7, 11) is 1.57. The number of aryl methyl sites for hydroxylation is 2. The van der Waals surface area contributed by atoms with Crippen LogP contribution in [0.5, 0.6) is 0 Å². The lowest BCUT2D eigenvalue weighted by molar-refractivity contribution is -0.124. The van der Waals surface area contributed by atoms with Gasteiger partial charge in [-0.05, 0) is 20.3 Å². The maximum Gasteiger partial charge on any atom is 0.265 e. The summed E-state index contributed by atoms with van der Waals surface area (Å²) >= 11 is 0. The van der Waals surface area contributed by atoms with Crippen LogP contribution in [0.4, 0.5) is 0 Å². The van der Waals surface area contributed by atoms with Gasteiger partial charge in [0.05, 0.1) is 6.61 Å². The molecule has 0 bridgehead atoms. The Morgan fingerprint density at radius 3 is 2.86 bits per heavy atom. The number of rotatable bonds is 6. The van der Waals surface area contributed by atoms with Crippen LogP contribution in [0.2, 0.25) is 0 Å². The molecule has 0 aliphatic carbocycles. The fraction of sp³-hybridized carbons (Fsp3) is 0.533. The lowest BCUT2D eigenvalue weighted by atomic mass is 10.2. The van der Waals surface area contributed by atoms with Crippen LogP contribution in [-0.4, -0.2) is 35.7 Å². The number of carbonyl (C=O) groups is 1. The number of nitrogens with zero attached hydrogens (tertiary/aromatic N) is 2. The summed E-state index contributed by atoms with van der Waals surface area (Å²) in [5, 5.41) is 3.19. The van der Waals surface area contributed by atoms with E-state index in [4.69, 9.17) is 9.15 Å². The van der Waals surface area contributed by atoms with E-state index in [1.165, 1.54) is 10.9 Å². The van der Waals surface area contributed by atoms with E-state index in [2.05, 4.69) is 10.3 Å². The summed E-state index contributed by atoms with van der Waals surface area (Å²) < 4.78 is 11.7. The molecule has 2 heterocycles. The van der Waals surface area contributed by atoms with Crippen molar-refractivity contribution in [1.29, 1.82) is 0 Å². The zero-order chi connectivity index (χ0) is 16.3. The van der Waals surface area contributed by atoms with Crippen LogP contribution in [0, 0.1) is 13.8 Å². The topological polar surface area (TPSA) is 86.4 Å². The van der Waals surface area contributed by atoms with Gasteiger partial charge in [-0.1, -0.05) is 6.92 Å². The lowest BCUT2D eigenvalue weighted by Crippen LogP contribution is -2.38. The predicted octanol–water partition coefficient (Wildman–Crippen LogP) is 1.32. The third-order valence-electron chi connectivity index (χ3n) is 3.75.